The van der Waals surface area contributed by atoms with E-state index in [-0.39, 0.29) is 0 Å². The van der Waals surface area contributed by atoms with Crippen molar-refractivity contribution in [2.45, 2.75) is 6.92 Å². The lowest BCUT2D eigenvalue weighted by Crippen LogP contribution is -2.21. The molecule has 0 unspecified atom stereocenters. The fourth-order valence-corrected chi connectivity index (χ4v) is 2.66. The fourth-order valence-electron chi connectivity index (χ4n) is 1.94. The van der Waals surface area contributed by atoms with Gasteiger partial charge in [-0.2, -0.15) is 0 Å². The third-order valence-electron chi connectivity index (χ3n) is 3.18. The molecule has 0 saturated carbocycles. The Hall–Kier alpha value is -2.05. The molecular weight excluding hydrogens is 398 g/mol. The minimum Gasteiger partial charge on any atom is -0.496 e. The molecule has 2 aromatic rings. The number of nitrogens with one attached hydrogen (secondary N) is 1. The van der Waals surface area contributed by atoms with Gasteiger partial charge < -0.3 is 14.8 Å². The van der Waals surface area contributed by atoms with Crippen molar-refractivity contribution >= 4 is 45.1 Å². The smallest absolute Gasteiger partial charge is 0.338 e. The zero-order valence-electron chi connectivity index (χ0n) is 13.1. The van der Waals surface area contributed by atoms with Crippen LogP contribution in [0.15, 0.2) is 40.9 Å². The Labute approximate surface area is 153 Å². The number of hydrogen-bond acceptors (Lipinski definition) is 4. The quantitative estimate of drug-likeness (QED) is 0.747. The Bertz CT molecular complexity index is 779. The van der Waals surface area contributed by atoms with Crippen LogP contribution in [-0.2, 0) is 9.53 Å². The van der Waals surface area contributed by atoms with Crippen molar-refractivity contribution in [1.29, 1.82) is 0 Å². The van der Waals surface area contributed by atoms with Crippen LogP contribution in [0, 0.1) is 6.92 Å². The van der Waals surface area contributed by atoms with E-state index in [4.69, 9.17) is 21.1 Å². The van der Waals surface area contributed by atoms with E-state index >= 15 is 0 Å². The Morgan fingerprint density at radius 2 is 1.96 bits per heavy atom. The predicted octanol–water partition coefficient (Wildman–Crippen LogP) is 4.22. The van der Waals surface area contributed by atoms with E-state index in [0.717, 1.165) is 10.0 Å². The number of rotatable bonds is 5. The third-order valence-corrected chi connectivity index (χ3v) is 3.99. The highest BCUT2D eigenvalue weighted by atomic mass is 79.9. The van der Waals surface area contributed by atoms with Crippen molar-refractivity contribution in [2.24, 2.45) is 0 Å². The van der Waals surface area contributed by atoms with Crippen LogP contribution >= 0.6 is 27.5 Å². The number of aryl methyl sites for hydroxylation is 1. The van der Waals surface area contributed by atoms with Crippen molar-refractivity contribution in [2.75, 3.05) is 19.0 Å². The van der Waals surface area contributed by atoms with Crippen molar-refractivity contribution in [3.63, 3.8) is 0 Å². The van der Waals surface area contributed by atoms with Crippen LogP contribution < -0.4 is 10.1 Å². The van der Waals surface area contributed by atoms with Gasteiger partial charge in [0.2, 0.25) is 0 Å². The van der Waals surface area contributed by atoms with E-state index in [9.17, 15) is 9.59 Å². The van der Waals surface area contributed by atoms with E-state index in [1.54, 1.807) is 36.4 Å². The van der Waals surface area contributed by atoms with E-state index in [0.29, 0.717) is 22.0 Å². The SMILES string of the molecule is COc1cc(C(=O)OCC(=O)Nc2ccc(Br)cc2Cl)ccc1C. The first-order valence-electron chi connectivity index (χ1n) is 6.97. The predicted molar refractivity (Wildman–Crippen MR) is 95.8 cm³/mol. The second-order valence-electron chi connectivity index (χ2n) is 4.93. The largest absolute Gasteiger partial charge is 0.496 e. The average Bonchev–Trinajstić information content (AvgIpc) is 2.55. The number of benzene rings is 2. The molecule has 5 nitrogen and oxygen atoms in total. The lowest BCUT2D eigenvalue weighted by atomic mass is 10.1. The van der Waals surface area contributed by atoms with Crippen molar-refractivity contribution in [3.8, 4) is 5.75 Å². The number of carbonyl (C=O) groups excluding carboxylic acids is 2. The van der Waals surface area contributed by atoms with Crippen molar-refractivity contribution in [1.82, 2.24) is 0 Å². The number of esters is 1. The van der Waals surface area contributed by atoms with E-state index in [2.05, 4.69) is 21.2 Å². The van der Waals surface area contributed by atoms with Crippen LogP contribution in [0.5, 0.6) is 5.75 Å². The maximum Gasteiger partial charge on any atom is 0.338 e. The number of carbonyl (C=O) groups is 2. The van der Waals surface area contributed by atoms with Gasteiger partial charge in [0.05, 0.1) is 23.4 Å². The summed E-state index contributed by atoms with van der Waals surface area (Å²) in [5, 5.41) is 2.96. The van der Waals surface area contributed by atoms with Crippen LogP contribution in [0.2, 0.25) is 5.02 Å². The van der Waals surface area contributed by atoms with Gasteiger partial charge in [-0.1, -0.05) is 33.6 Å². The number of anilines is 1. The summed E-state index contributed by atoms with van der Waals surface area (Å²) in [6.07, 6.45) is 0. The Kier molecular flexibility index (Phi) is 6.23. The molecule has 0 spiro atoms. The minimum atomic E-state index is -0.606. The molecule has 0 heterocycles. The molecule has 0 bridgehead atoms. The molecule has 0 aromatic heterocycles. The molecule has 0 fully saturated rings. The Balaban J connectivity index is 1.95. The first kappa shape index (κ1) is 18.3. The zero-order valence-corrected chi connectivity index (χ0v) is 15.4. The first-order chi connectivity index (χ1) is 11.4. The molecule has 2 aromatic carbocycles. The van der Waals surface area contributed by atoms with Crippen molar-refractivity contribution < 1.29 is 19.1 Å². The second kappa shape index (κ2) is 8.17. The summed E-state index contributed by atoms with van der Waals surface area (Å²) in [5.74, 6) is -0.507. The highest BCUT2D eigenvalue weighted by molar-refractivity contribution is 9.10. The maximum absolute atomic E-state index is 12.0. The maximum atomic E-state index is 12.0. The Morgan fingerprint density at radius 3 is 2.62 bits per heavy atom. The lowest BCUT2D eigenvalue weighted by molar-refractivity contribution is -0.119. The van der Waals surface area contributed by atoms with Crippen molar-refractivity contribution in [3.05, 3.63) is 57.0 Å². The number of halogens is 2. The van der Waals surface area contributed by atoms with Gasteiger partial charge in [0, 0.05) is 4.47 Å². The van der Waals surface area contributed by atoms with E-state index in [1.807, 2.05) is 6.92 Å². The van der Waals surface area contributed by atoms with Gasteiger partial charge in [0.15, 0.2) is 6.61 Å². The van der Waals surface area contributed by atoms with E-state index in [1.165, 1.54) is 7.11 Å². The summed E-state index contributed by atoms with van der Waals surface area (Å²) in [7, 11) is 1.52. The van der Waals surface area contributed by atoms with Crippen LogP contribution in [-0.4, -0.2) is 25.6 Å². The number of methoxy groups -OCH3 is 1. The fraction of sp³-hybridized carbons (Fsp3) is 0.176. The van der Waals surface area contributed by atoms with Gasteiger partial charge in [-0.25, -0.2) is 4.79 Å². The zero-order chi connectivity index (χ0) is 17.7. The normalized spacial score (nSPS) is 10.2. The van der Waals surface area contributed by atoms with Gasteiger partial charge in [0.25, 0.3) is 5.91 Å². The molecule has 0 radical (unpaired) electrons. The first-order valence-corrected chi connectivity index (χ1v) is 8.14. The molecule has 0 atom stereocenters. The molecule has 2 rings (SSSR count). The standard InChI is InChI=1S/C17H15BrClNO4/c1-10-3-4-11(7-15(10)23-2)17(22)24-9-16(21)20-14-6-5-12(18)8-13(14)19/h3-8H,9H2,1-2H3,(H,20,21). The lowest BCUT2D eigenvalue weighted by Gasteiger charge is -2.09. The van der Waals surface area contributed by atoms with Gasteiger partial charge in [-0.3, -0.25) is 4.79 Å². The monoisotopic (exact) mass is 411 g/mol. The Morgan fingerprint density at radius 1 is 1.21 bits per heavy atom. The summed E-state index contributed by atoms with van der Waals surface area (Å²) >= 11 is 9.29. The number of ether oxygens (including phenoxy) is 2. The summed E-state index contributed by atoms with van der Waals surface area (Å²) in [5.41, 5.74) is 1.65. The van der Waals surface area contributed by atoms with Gasteiger partial charge >= 0.3 is 5.97 Å². The summed E-state index contributed by atoms with van der Waals surface area (Å²) in [6.45, 7) is 1.45. The topological polar surface area (TPSA) is 64.6 Å². The second-order valence-corrected chi connectivity index (χ2v) is 6.26. The molecule has 7 heteroatoms. The molecule has 1 amide bonds. The molecular formula is C17H15BrClNO4. The molecule has 126 valence electrons. The van der Waals surface area contributed by atoms with Crippen LogP contribution in [0.25, 0.3) is 0 Å². The molecule has 0 saturated heterocycles. The summed E-state index contributed by atoms with van der Waals surface area (Å²) in [4.78, 5) is 23.9. The van der Waals surface area contributed by atoms with Gasteiger partial charge in [-0.15, -0.1) is 0 Å². The van der Waals surface area contributed by atoms with Gasteiger partial charge in [-0.05, 0) is 42.8 Å². The molecule has 0 aliphatic rings. The molecule has 24 heavy (non-hydrogen) atoms. The molecule has 0 aliphatic heterocycles. The minimum absolute atomic E-state index is 0.312. The van der Waals surface area contributed by atoms with Crippen LogP contribution in [0.1, 0.15) is 15.9 Å². The van der Waals surface area contributed by atoms with Gasteiger partial charge in [0.1, 0.15) is 5.75 Å². The van der Waals surface area contributed by atoms with Crippen LogP contribution in [0.4, 0.5) is 5.69 Å². The average molecular weight is 413 g/mol. The highest BCUT2D eigenvalue weighted by Gasteiger charge is 2.13. The third kappa shape index (κ3) is 4.72. The van der Waals surface area contributed by atoms with Crippen LogP contribution in [0.3, 0.4) is 0 Å². The molecule has 0 aliphatic carbocycles. The summed E-state index contributed by atoms with van der Waals surface area (Å²) in [6, 6.07) is 9.98. The van der Waals surface area contributed by atoms with E-state index < -0.39 is 18.5 Å². The number of hydrogen-bond donors (Lipinski definition) is 1. The highest BCUT2D eigenvalue weighted by Crippen LogP contribution is 2.25. The number of amides is 1. The summed E-state index contributed by atoms with van der Waals surface area (Å²) < 4.78 is 11.0. The molecule has 1 N–H and O–H groups in total.